The number of hydrogen-bond acceptors (Lipinski definition) is 5. The second-order valence-electron chi connectivity index (χ2n) is 4.41. The van der Waals surface area contributed by atoms with Crippen LogP contribution < -0.4 is 14.8 Å². The van der Waals surface area contributed by atoms with Gasteiger partial charge in [0.25, 0.3) is 0 Å². The molecule has 21 heavy (non-hydrogen) atoms. The van der Waals surface area contributed by atoms with Gasteiger partial charge in [0.15, 0.2) is 11.5 Å². The molecule has 1 N–H and O–H groups in total. The molecule has 0 saturated carbocycles. The zero-order valence-corrected chi connectivity index (χ0v) is 12.6. The lowest BCUT2D eigenvalue weighted by molar-refractivity contribution is -0.145. The van der Waals surface area contributed by atoms with Crippen molar-refractivity contribution in [3.05, 3.63) is 35.4 Å². The van der Waals surface area contributed by atoms with Gasteiger partial charge in [-0.2, -0.15) is 0 Å². The highest BCUT2D eigenvalue weighted by atomic mass is 35.5. The Morgan fingerprint density at radius 2 is 2.29 bits per heavy atom. The SMILES string of the molecule is C=CCNC(C(=O)OCC)c1cc(Cl)c2c(c1)OCCO2. The Kier molecular flexibility index (Phi) is 5.47. The molecule has 114 valence electrons. The minimum absolute atomic E-state index is 0.309. The van der Waals surface area contributed by atoms with Crippen LogP contribution in [0.3, 0.4) is 0 Å². The largest absolute Gasteiger partial charge is 0.486 e. The van der Waals surface area contributed by atoms with E-state index in [1.165, 1.54) is 0 Å². The van der Waals surface area contributed by atoms with Crippen molar-refractivity contribution in [1.82, 2.24) is 5.32 Å². The van der Waals surface area contributed by atoms with Crippen LogP contribution in [0.1, 0.15) is 18.5 Å². The average molecular weight is 312 g/mol. The molecule has 1 aliphatic heterocycles. The fourth-order valence-electron chi connectivity index (χ4n) is 2.06. The third-order valence-corrected chi connectivity index (χ3v) is 3.22. The van der Waals surface area contributed by atoms with E-state index in [1.807, 2.05) is 0 Å². The molecule has 0 aromatic heterocycles. The predicted molar refractivity (Wildman–Crippen MR) is 80.0 cm³/mol. The van der Waals surface area contributed by atoms with Gasteiger partial charge >= 0.3 is 5.97 Å². The molecule has 6 heteroatoms. The minimum Gasteiger partial charge on any atom is -0.486 e. The van der Waals surface area contributed by atoms with Gasteiger partial charge < -0.3 is 14.2 Å². The van der Waals surface area contributed by atoms with Gasteiger partial charge in [-0.15, -0.1) is 6.58 Å². The van der Waals surface area contributed by atoms with Gasteiger partial charge in [0, 0.05) is 6.54 Å². The van der Waals surface area contributed by atoms with Crippen molar-refractivity contribution in [2.75, 3.05) is 26.4 Å². The quantitative estimate of drug-likeness (QED) is 0.646. The van der Waals surface area contributed by atoms with E-state index in [4.69, 9.17) is 25.8 Å². The standard InChI is InChI=1S/C15H18ClNO4/c1-3-5-17-13(15(18)19-4-2)10-8-11(16)14-12(9-10)20-6-7-21-14/h3,8-9,13,17H,1,4-7H2,2H3. The normalized spacial score (nSPS) is 14.4. The van der Waals surface area contributed by atoms with Crippen molar-refractivity contribution in [1.29, 1.82) is 0 Å². The lowest BCUT2D eigenvalue weighted by Gasteiger charge is -2.23. The summed E-state index contributed by atoms with van der Waals surface area (Å²) in [5.41, 5.74) is 0.671. The van der Waals surface area contributed by atoms with Crippen molar-refractivity contribution in [2.45, 2.75) is 13.0 Å². The Balaban J connectivity index is 2.32. The van der Waals surface area contributed by atoms with Gasteiger partial charge in [0.05, 0.1) is 11.6 Å². The maximum atomic E-state index is 12.1. The number of nitrogens with one attached hydrogen (secondary N) is 1. The molecule has 0 fully saturated rings. The van der Waals surface area contributed by atoms with E-state index in [0.717, 1.165) is 0 Å². The van der Waals surface area contributed by atoms with E-state index < -0.39 is 6.04 Å². The van der Waals surface area contributed by atoms with Crippen LogP contribution in [0.25, 0.3) is 0 Å². The van der Waals surface area contributed by atoms with Crippen LogP contribution in [0.2, 0.25) is 5.02 Å². The smallest absolute Gasteiger partial charge is 0.327 e. The molecular weight excluding hydrogens is 294 g/mol. The molecule has 0 aliphatic carbocycles. The van der Waals surface area contributed by atoms with Gasteiger partial charge in [-0.05, 0) is 24.6 Å². The molecular formula is C15H18ClNO4. The molecule has 0 radical (unpaired) electrons. The van der Waals surface area contributed by atoms with Crippen LogP contribution in [0.4, 0.5) is 0 Å². The van der Waals surface area contributed by atoms with Crippen molar-refractivity contribution in [3.63, 3.8) is 0 Å². The van der Waals surface area contributed by atoms with Crippen molar-refractivity contribution >= 4 is 17.6 Å². The summed E-state index contributed by atoms with van der Waals surface area (Å²) in [4.78, 5) is 12.1. The van der Waals surface area contributed by atoms with Crippen molar-refractivity contribution in [2.24, 2.45) is 0 Å². The number of hydrogen-bond donors (Lipinski definition) is 1. The van der Waals surface area contributed by atoms with E-state index in [1.54, 1.807) is 25.1 Å². The van der Waals surface area contributed by atoms with E-state index in [0.29, 0.717) is 48.5 Å². The highest BCUT2D eigenvalue weighted by Gasteiger charge is 2.25. The Morgan fingerprint density at radius 3 is 3.00 bits per heavy atom. The van der Waals surface area contributed by atoms with E-state index in [2.05, 4.69) is 11.9 Å². The summed E-state index contributed by atoms with van der Waals surface area (Å²) in [5.74, 6) is 0.684. The summed E-state index contributed by atoms with van der Waals surface area (Å²) in [6.07, 6.45) is 1.67. The molecule has 1 aromatic rings. The second-order valence-corrected chi connectivity index (χ2v) is 4.82. The summed E-state index contributed by atoms with van der Waals surface area (Å²) < 4.78 is 16.1. The first-order valence-electron chi connectivity index (χ1n) is 6.77. The first-order chi connectivity index (χ1) is 10.2. The number of halogens is 1. The maximum absolute atomic E-state index is 12.1. The monoisotopic (exact) mass is 311 g/mol. The fourth-order valence-corrected chi connectivity index (χ4v) is 2.34. The first-order valence-corrected chi connectivity index (χ1v) is 7.15. The highest BCUT2D eigenvalue weighted by molar-refractivity contribution is 6.32. The predicted octanol–water partition coefficient (Wildman–Crippen LogP) is 2.49. The third-order valence-electron chi connectivity index (χ3n) is 2.94. The summed E-state index contributed by atoms with van der Waals surface area (Å²) in [6, 6.07) is 2.81. The maximum Gasteiger partial charge on any atom is 0.327 e. The zero-order chi connectivity index (χ0) is 15.2. The summed E-state index contributed by atoms with van der Waals surface area (Å²) >= 11 is 6.20. The summed E-state index contributed by atoms with van der Waals surface area (Å²) in [7, 11) is 0. The van der Waals surface area contributed by atoms with E-state index in [9.17, 15) is 4.79 Å². The molecule has 0 amide bonds. The van der Waals surface area contributed by atoms with Gasteiger partial charge in [-0.25, -0.2) is 4.79 Å². The van der Waals surface area contributed by atoms with Gasteiger partial charge in [-0.1, -0.05) is 17.7 Å². The lowest BCUT2D eigenvalue weighted by Crippen LogP contribution is -2.30. The molecule has 0 saturated heterocycles. The van der Waals surface area contributed by atoms with Gasteiger partial charge in [0.2, 0.25) is 0 Å². The Hall–Kier alpha value is -1.72. The number of benzene rings is 1. The Labute approximate surface area is 128 Å². The average Bonchev–Trinajstić information content (AvgIpc) is 2.48. The molecule has 1 unspecified atom stereocenters. The molecule has 0 bridgehead atoms. The van der Waals surface area contributed by atoms with E-state index >= 15 is 0 Å². The topological polar surface area (TPSA) is 56.8 Å². The molecule has 2 rings (SSSR count). The lowest BCUT2D eigenvalue weighted by atomic mass is 10.1. The van der Waals surface area contributed by atoms with Crippen LogP contribution >= 0.6 is 11.6 Å². The minimum atomic E-state index is -0.628. The summed E-state index contributed by atoms with van der Waals surface area (Å²) in [5, 5.41) is 3.47. The van der Waals surface area contributed by atoms with Crippen molar-refractivity contribution < 1.29 is 19.0 Å². The molecule has 1 aliphatic rings. The molecule has 5 nitrogen and oxygen atoms in total. The number of carbonyl (C=O) groups is 1. The molecule has 1 atom stereocenters. The Bertz CT molecular complexity index is 533. The zero-order valence-electron chi connectivity index (χ0n) is 11.9. The third kappa shape index (κ3) is 3.68. The summed E-state index contributed by atoms with van der Waals surface area (Å²) in [6.45, 7) is 7.09. The number of fused-ring (bicyclic) bond motifs is 1. The highest BCUT2D eigenvalue weighted by Crippen LogP contribution is 2.39. The Morgan fingerprint density at radius 1 is 1.52 bits per heavy atom. The van der Waals surface area contributed by atoms with Crippen LogP contribution in [0, 0.1) is 0 Å². The van der Waals surface area contributed by atoms with Crippen molar-refractivity contribution in [3.8, 4) is 11.5 Å². The van der Waals surface area contributed by atoms with Gasteiger partial charge in [-0.3, -0.25) is 5.32 Å². The van der Waals surface area contributed by atoms with E-state index in [-0.39, 0.29) is 5.97 Å². The first kappa shape index (κ1) is 15.7. The number of rotatable bonds is 6. The number of carbonyl (C=O) groups excluding carboxylic acids is 1. The van der Waals surface area contributed by atoms with Crippen LogP contribution in [-0.2, 0) is 9.53 Å². The number of esters is 1. The van der Waals surface area contributed by atoms with Crippen LogP contribution in [0.15, 0.2) is 24.8 Å². The molecule has 1 aromatic carbocycles. The second kappa shape index (κ2) is 7.33. The molecule has 0 spiro atoms. The van der Waals surface area contributed by atoms with Crippen LogP contribution in [0.5, 0.6) is 11.5 Å². The molecule has 1 heterocycles. The van der Waals surface area contributed by atoms with Crippen LogP contribution in [-0.4, -0.2) is 32.3 Å². The number of ether oxygens (including phenoxy) is 3. The van der Waals surface area contributed by atoms with Gasteiger partial charge in [0.1, 0.15) is 19.3 Å². The fraction of sp³-hybridized carbons (Fsp3) is 0.400.